The second kappa shape index (κ2) is 8.88. The van der Waals surface area contributed by atoms with E-state index in [9.17, 15) is 5.11 Å². The third-order valence-corrected chi connectivity index (χ3v) is 3.76. The third-order valence-electron chi connectivity index (χ3n) is 2.83. The van der Waals surface area contributed by atoms with Crippen LogP contribution >= 0.6 is 27.5 Å². The van der Waals surface area contributed by atoms with Gasteiger partial charge in [0.15, 0.2) is 0 Å². The zero-order valence-corrected chi connectivity index (χ0v) is 14.5. The number of nitrogens with one attached hydrogen (secondary N) is 1. The highest BCUT2D eigenvalue weighted by atomic mass is 79.9. The fraction of sp³-hybridized carbons (Fsp3) is 0.600. The molecule has 2 atom stereocenters. The van der Waals surface area contributed by atoms with Gasteiger partial charge in [-0.2, -0.15) is 0 Å². The first kappa shape index (κ1) is 17.8. The van der Waals surface area contributed by atoms with Gasteiger partial charge in [-0.1, -0.05) is 25.4 Å². The zero-order valence-electron chi connectivity index (χ0n) is 12.2. The number of benzene rings is 1. The van der Waals surface area contributed by atoms with E-state index >= 15 is 0 Å². The van der Waals surface area contributed by atoms with Gasteiger partial charge in [-0.05, 0) is 53.4 Å². The van der Waals surface area contributed by atoms with E-state index in [0.717, 1.165) is 16.6 Å². The molecule has 5 heteroatoms. The molecule has 0 bridgehead atoms. The Balaban J connectivity index is 2.32. The molecule has 20 heavy (non-hydrogen) atoms. The minimum absolute atomic E-state index is 0.169. The molecular formula is C15H23BrClNO2. The average Bonchev–Trinajstić information content (AvgIpc) is 2.36. The summed E-state index contributed by atoms with van der Waals surface area (Å²) in [5.74, 6) is 0.600. The molecular weight excluding hydrogens is 342 g/mol. The normalized spacial score (nSPS) is 14.3. The van der Waals surface area contributed by atoms with Gasteiger partial charge in [0.2, 0.25) is 0 Å². The van der Waals surface area contributed by atoms with Crippen molar-refractivity contribution in [2.45, 2.75) is 39.4 Å². The summed E-state index contributed by atoms with van der Waals surface area (Å²) in [7, 11) is 0. The van der Waals surface area contributed by atoms with Gasteiger partial charge in [0.05, 0.1) is 18.8 Å². The van der Waals surface area contributed by atoms with Gasteiger partial charge in [0.1, 0.15) is 0 Å². The Kier molecular flexibility index (Phi) is 7.88. The number of hydrogen-bond acceptors (Lipinski definition) is 3. The van der Waals surface area contributed by atoms with Crippen LogP contribution in [0.3, 0.4) is 0 Å². The second-order valence-electron chi connectivity index (χ2n) is 5.43. The van der Waals surface area contributed by atoms with E-state index in [0.29, 0.717) is 24.1 Å². The fourth-order valence-electron chi connectivity index (χ4n) is 1.93. The summed E-state index contributed by atoms with van der Waals surface area (Å²) in [6.07, 6.45) is 0.623. The molecule has 0 saturated carbocycles. The van der Waals surface area contributed by atoms with Crippen molar-refractivity contribution < 1.29 is 9.84 Å². The summed E-state index contributed by atoms with van der Waals surface area (Å²) in [5.41, 5.74) is 0.867. The van der Waals surface area contributed by atoms with E-state index < -0.39 is 6.10 Å². The summed E-state index contributed by atoms with van der Waals surface area (Å²) >= 11 is 9.37. The Labute approximate surface area is 134 Å². The standard InChI is InChI=1S/C15H23BrClNO2/c1-10(2)6-11(3)20-9-13(19)8-18-15-7-12(17)4-5-14(15)16/h4-5,7,10-11,13,18-19H,6,8-9H2,1-3H3. The van der Waals surface area contributed by atoms with E-state index in [1.807, 2.05) is 25.1 Å². The summed E-state index contributed by atoms with van der Waals surface area (Å²) in [4.78, 5) is 0. The predicted molar refractivity (Wildman–Crippen MR) is 88.5 cm³/mol. The number of aliphatic hydroxyl groups excluding tert-OH is 1. The average molecular weight is 365 g/mol. The first-order valence-corrected chi connectivity index (χ1v) is 8.04. The molecule has 0 aliphatic carbocycles. The molecule has 0 aliphatic heterocycles. The predicted octanol–water partition coefficient (Wildman–Crippen LogP) is 4.33. The lowest BCUT2D eigenvalue weighted by molar-refractivity contribution is -0.00444. The lowest BCUT2D eigenvalue weighted by Gasteiger charge is -2.19. The Morgan fingerprint density at radius 3 is 2.70 bits per heavy atom. The quantitative estimate of drug-likeness (QED) is 0.721. The SMILES string of the molecule is CC(C)CC(C)OCC(O)CNc1cc(Cl)ccc1Br. The molecule has 114 valence electrons. The van der Waals surface area contributed by atoms with Crippen LogP contribution in [0.25, 0.3) is 0 Å². The second-order valence-corrected chi connectivity index (χ2v) is 6.72. The van der Waals surface area contributed by atoms with Gasteiger partial charge >= 0.3 is 0 Å². The molecule has 2 unspecified atom stereocenters. The van der Waals surface area contributed by atoms with Crippen LogP contribution in [0, 0.1) is 5.92 Å². The number of anilines is 1. The number of hydrogen-bond donors (Lipinski definition) is 2. The maximum absolute atomic E-state index is 9.92. The van der Waals surface area contributed by atoms with Crippen LogP contribution in [0.5, 0.6) is 0 Å². The topological polar surface area (TPSA) is 41.5 Å². The van der Waals surface area contributed by atoms with Crippen LogP contribution < -0.4 is 5.32 Å². The third kappa shape index (κ3) is 6.93. The highest BCUT2D eigenvalue weighted by Gasteiger charge is 2.10. The maximum Gasteiger partial charge on any atom is 0.0945 e. The molecule has 1 aromatic rings. The van der Waals surface area contributed by atoms with E-state index in [1.54, 1.807) is 0 Å². The molecule has 3 nitrogen and oxygen atoms in total. The van der Waals surface area contributed by atoms with E-state index in [-0.39, 0.29) is 6.10 Å². The highest BCUT2D eigenvalue weighted by Crippen LogP contribution is 2.25. The van der Waals surface area contributed by atoms with Crippen molar-refractivity contribution in [3.05, 3.63) is 27.7 Å². The van der Waals surface area contributed by atoms with Crippen LogP contribution in [0.1, 0.15) is 27.2 Å². The molecule has 2 N–H and O–H groups in total. The van der Waals surface area contributed by atoms with Crippen molar-refractivity contribution in [3.8, 4) is 0 Å². The Hall–Kier alpha value is -0.290. The van der Waals surface area contributed by atoms with Crippen molar-refractivity contribution in [2.24, 2.45) is 5.92 Å². The molecule has 0 radical (unpaired) electrons. The van der Waals surface area contributed by atoms with Crippen LogP contribution in [0.15, 0.2) is 22.7 Å². The molecule has 0 spiro atoms. The van der Waals surface area contributed by atoms with Gasteiger partial charge in [-0.25, -0.2) is 0 Å². The van der Waals surface area contributed by atoms with Crippen molar-refractivity contribution >= 4 is 33.2 Å². The van der Waals surface area contributed by atoms with Crippen molar-refractivity contribution in [3.63, 3.8) is 0 Å². The Morgan fingerprint density at radius 1 is 1.35 bits per heavy atom. The smallest absolute Gasteiger partial charge is 0.0945 e. The molecule has 0 saturated heterocycles. The number of aliphatic hydroxyl groups is 1. The Morgan fingerprint density at radius 2 is 2.05 bits per heavy atom. The largest absolute Gasteiger partial charge is 0.389 e. The monoisotopic (exact) mass is 363 g/mol. The molecule has 1 aromatic carbocycles. The molecule has 0 fully saturated rings. The molecule has 0 heterocycles. The van der Waals surface area contributed by atoms with Gasteiger partial charge in [-0.15, -0.1) is 0 Å². The van der Waals surface area contributed by atoms with Crippen LogP contribution in [0.4, 0.5) is 5.69 Å². The summed E-state index contributed by atoms with van der Waals surface area (Å²) < 4.78 is 6.55. The minimum Gasteiger partial charge on any atom is -0.389 e. The minimum atomic E-state index is -0.546. The van der Waals surface area contributed by atoms with Gasteiger partial charge in [0.25, 0.3) is 0 Å². The molecule has 0 amide bonds. The number of rotatable bonds is 8. The van der Waals surface area contributed by atoms with Crippen molar-refractivity contribution in [1.29, 1.82) is 0 Å². The lowest BCUT2D eigenvalue weighted by atomic mass is 10.1. The summed E-state index contributed by atoms with van der Waals surface area (Å²) in [6, 6.07) is 5.50. The number of ether oxygens (including phenoxy) is 1. The first-order valence-electron chi connectivity index (χ1n) is 6.87. The van der Waals surface area contributed by atoms with Crippen LogP contribution in [-0.4, -0.2) is 30.5 Å². The van der Waals surface area contributed by atoms with Gasteiger partial charge in [0, 0.05) is 21.7 Å². The Bertz CT molecular complexity index is 415. The lowest BCUT2D eigenvalue weighted by Crippen LogP contribution is -2.27. The molecule has 0 aliphatic rings. The van der Waals surface area contributed by atoms with E-state index in [4.69, 9.17) is 16.3 Å². The van der Waals surface area contributed by atoms with Gasteiger partial charge in [-0.3, -0.25) is 0 Å². The highest BCUT2D eigenvalue weighted by molar-refractivity contribution is 9.10. The molecule has 0 aromatic heterocycles. The zero-order chi connectivity index (χ0) is 15.1. The fourth-order valence-corrected chi connectivity index (χ4v) is 2.49. The van der Waals surface area contributed by atoms with Crippen molar-refractivity contribution in [1.82, 2.24) is 0 Å². The van der Waals surface area contributed by atoms with E-state index in [2.05, 4.69) is 35.1 Å². The van der Waals surface area contributed by atoms with Crippen LogP contribution in [-0.2, 0) is 4.74 Å². The summed E-state index contributed by atoms with van der Waals surface area (Å²) in [5, 5.41) is 13.7. The van der Waals surface area contributed by atoms with Crippen molar-refractivity contribution in [2.75, 3.05) is 18.5 Å². The van der Waals surface area contributed by atoms with E-state index in [1.165, 1.54) is 0 Å². The summed E-state index contributed by atoms with van der Waals surface area (Å²) in [6.45, 7) is 7.11. The number of halogens is 2. The van der Waals surface area contributed by atoms with Crippen LogP contribution in [0.2, 0.25) is 5.02 Å². The first-order chi connectivity index (χ1) is 9.38. The maximum atomic E-state index is 9.92. The molecule has 1 rings (SSSR count). The van der Waals surface area contributed by atoms with Gasteiger partial charge < -0.3 is 15.2 Å².